The van der Waals surface area contributed by atoms with Crippen LogP contribution in [0.1, 0.15) is 55.3 Å². The fourth-order valence-corrected chi connectivity index (χ4v) is 2.94. The molecule has 0 heterocycles. The number of likely N-dealkylation sites (N-methyl/N-ethyl adjacent to an activating group) is 1. The third kappa shape index (κ3) is 4.07. The molecule has 1 atom stereocenters. The molecule has 20 heavy (non-hydrogen) atoms. The normalized spacial score (nSPS) is 16.6. The third-order valence-electron chi connectivity index (χ3n) is 4.44. The Labute approximate surface area is 124 Å². The molecule has 0 radical (unpaired) electrons. The fraction of sp³-hybridized carbons (Fsp3) is 0.667. The van der Waals surface area contributed by atoms with E-state index in [-0.39, 0.29) is 0 Å². The van der Waals surface area contributed by atoms with Gasteiger partial charge in [-0.25, -0.2) is 0 Å². The molecule has 1 saturated carbocycles. The van der Waals surface area contributed by atoms with Gasteiger partial charge in [-0.3, -0.25) is 4.90 Å². The number of hydrogen-bond acceptors (Lipinski definition) is 2. The number of unbranched alkanes of at least 4 members (excludes halogenated alkanes) is 1. The summed E-state index contributed by atoms with van der Waals surface area (Å²) in [5.74, 6) is 0. The fourth-order valence-electron chi connectivity index (χ4n) is 2.94. The lowest BCUT2D eigenvalue weighted by atomic mass is 9.98. The van der Waals surface area contributed by atoms with Crippen LogP contribution in [0.4, 0.5) is 0 Å². The molecule has 1 aromatic carbocycles. The number of nitrogens with zero attached hydrogens (tertiary/aromatic N) is 1. The Kier molecular flexibility index (Phi) is 5.62. The molecule has 0 spiro atoms. The van der Waals surface area contributed by atoms with Crippen LogP contribution in [-0.2, 0) is 0 Å². The summed E-state index contributed by atoms with van der Waals surface area (Å²) in [7, 11) is 2.09. The van der Waals surface area contributed by atoms with Gasteiger partial charge < -0.3 is 5.32 Å². The molecule has 0 aromatic heterocycles. The van der Waals surface area contributed by atoms with Gasteiger partial charge in [-0.2, -0.15) is 0 Å². The first-order valence-electron chi connectivity index (χ1n) is 8.14. The van der Waals surface area contributed by atoms with Crippen molar-refractivity contribution in [3.05, 3.63) is 34.9 Å². The molecule has 1 unspecified atom stereocenters. The van der Waals surface area contributed by atoms with E-state index in [1.54, 1.807) is 0 Å². The molecule has 0 bridgehead atoms. The largest absolute Gasteiger partial charge is 0.312 e. The number of benzene rings is 1. The quantitative estimate of drug-likeness (QED) is 0.775. The summed E-state index contributed by atoms with van der Waals surface area (Å²) in [6.45, 7) is 9.10. The van der Waals surface area contributed by atoms with E-state index in [1.807, 2.05) is 0 Å². The van der Waals surface area contributed by atoms with Gasteiger partial charge in [0.15, 0.2) is 0 Å². The number of hydrogen-bond donors (Lipinski definition) is 1. The lowest BCUT2D eigenvalue weighted by Gasteiger charge is -2.28. The van der Waals surface area contributed by atoms with E-state index in [0.29, 0.717) is 6.04 Å². The van der Waals surface area contributed by atoms with Crippen LogP contribution >= 0.6 is 0 Å². The van der Waals surface area contributed by atoms with Gasteiger partial charge in [0.25, 0.3) is 0 Å². The van der Waals surface area contributed by atoms with Gasteiger partial charge in [0.1, 0.15) is 0 Å². The summed E-state index contributed by atoms with van der Waals surface area (Å²) >= 11 is 0. The minimum Gasteiger partial charge on any atom is -0.312 e. The number of aryl methyl sites for hydroxylation is 2. The summed E-state index contributed by atoms with van der Waals surface area (Å²) in [5.41, 5.74) is 4.23. The topological polar surface area (TPSA) is 15.3 Å². The Morgan fingerprint density at radius 2 is 2.05 bits per heavy atom. The third-order valence-corrected chi connectivity index (χ3v) is 4.44. The van der Waals surface area contributed by atoms with Crippen molar-refractivity contribution in [2.24, 2.45) is 0 Å². The predicted molar refractivity (Wildman–Crippen MR) is 87.2 cm³/mol. The van der Waals surface area contributed by atoms with Crippen molar-refractivity contribution in [1.82, 2.24) is 10.2 Å². The lowest BCUT2D eigenvalue weighted by molar-refractivity contribution is 0.233. The van der Waals surface area contributed by atoms with Crippen LogP contribution in [0.25, 0.3) is 0 Å². The second kappa shape index (κ2) is 7.24. The van der Waals surface area contributed by atoms with Gasteiger partial charge in [0.2, 0.25) is 0 Å². The molecule has 1 aromatic rings. The average molecular weight is 274 g/mol. The van der Waals surface area contributed by atoms with Crippen molar-refractivity contribution in [3.8, 4) is 0 Å². The van der Waals surface area contributed by atoms with E-state index in [1.165, 1.54) is 48.9 Å². The molecule has 2 nitrogen and oxygen atoms in total. The molecule has 0 saturated heterocycles. The van der Waals surface area contributed by atoms with Crippen LogP contribution in [0.2, 0.25) is 0 Å². The highest BCUT2D eigenvalue weighted by atomic mass is 15.2. The Morgan fingerprint density at radius 1 is 1.30 bits per heavy atom. The smallest absolute Gasteiger partial charge is 0.0449 e. The Morgan fingerprint density at radius 3 is 2.65 bits per heavy atom. The second-order valence-corrected chi connectivity index (χ2v) is 6.28. The zero-order chi connectivity index (χ0) is 14.5. The molecule has 112 valence electrons. The Bertz CT molecular complexity index is 423. The highest BCUT2D eigenvalue weighted by molar-refractivity contribution is 5.33. The van der Waals surface area contributed by atoms with Crippen LogP contribution in [0.5, 0.6) is 0 Å². The average Bonchev–Trinajstić information content (AvgIpc) is 3.27. The van der Waals surface area contributed by atoms with Crippen LogP contribution in [0, 0.1) is 13.8 Å². The van der Waals surface area contributed by atoms with Gasteiger partial charge in [-0.1, -0.05) is 37.1 Å². The Balaban J connectivity index is 2.08. The summed E-state index contributed by atoms with van der Waals surface area (Å²) in [6.07, 6.45) is 5.40. The molecule has 1 fully saturated rings. The van der Waals surface area contributed by atoms with Crippen molar-refractivity contribution in [2.75, 3.05) is 20.1 Å². The number of rotatable bonds is 8. The maximum atomic E-state index is 3.53. The highest BCUT2D eigenvalue weighted by Gasteiger charge is 2.30. The van der Waals surface area contributed by atoms with Crippen molar-refractivity contribution in [1.29, 1.82) is 0 Å². The van der Waals surface area contributed by atoms with Gasteiger partial charge in [0.05, 0.1) is 0 Å². The van der Waals surface area contributed by atoms with Crippen LogP contribution in [-0.4, -0.2) is 31.1 Å². The van der Waals surface area contributed by atoms with Crippen LogP contribution in [0.3, 0.4) is 0 Å². The van der Waals surface area contributed by atoms with E-state index in [9.17, 15) is 0 Å². The zero-order valence-electron chi connectivity index (χ0n) is 13.6. The maximum absolute atomic E-state index is 3.53. The first kappa shape index (κ1) is 15.5. The molecule has 0 amide bonds. The van der Waals surface area contributed by atoms with Crippen molar-refractivity contribution in [2.45, 2.75) is 58.5 Å². The van der Waals surface area contributed by atoms with Gasteiger partial charge in [-0.15, -0.1) is 0 Å². The van der Waals surface area contributed by atoms with Crippen molar-refractivity contribution in [3.63, 3.8) is 0 Å². The van der Waals surface area contributed by atoms with Gasteiger partial charge in [-0.05, 0) is 57.8 Å². The minimum atomic E-state index is 0.451. The first-order valence-corrected chi connectivity index (χ1v) is 8.14. The molecular weight excluding hydrogens is 244 g/mol. The summed E-state index contributed by atoms with van der Waals surface area (Å²) in [4.78, 5) is 2.70. The zero-order valence-corrected chi connectivity index (χ0v) is 13.6. The highest BCUT2D eigenvalue weighted by Crippen LogP contribution is 2.30. The Hall–Kier alpha value is -0.860. The minimum absolute atomic E-state index is 0.451. The molecule has 1 aliphatic rings. The predicted octanol–water partition coefficient (Wildman–Crippen LogP) is 3.83. The van der Waals surface area contributed by atoms with E-state index in [0.717, 1.165) is 12.6 Å². The summed E-state index contributed by atoms with van der Waals surface area (Å²) in [5, 5.41) is 3.53. The van der Waals surface area contributed by atoms with Crippen molar-refractivity contribution < 1.29 is 0 Å². The maximum Gasteiger partial charge on any atom is 0.0449 e. The summed E-state index contributed by atoms with van der Waals surface area (Å²) < 4.78 is 0. The van der Waals surface area contributed by atoms with E-state index in [4.69, 9.17) is 0 Å². The molecule has 1 N–H and O–H groups in total. The SMILES string of the molecule is CCCCN(CC(NC)c1cc(C)ccc1C)C1CC1. The first-order chi connectivity index (χ1) is 9.65. The lowest BCUT2D eigenvalue weighted by Crippen LogP contribution is -2.36. The summed E-state index contributed by atoms with van der Waals surface area (Å²) in [6, 6.07) is 8.11. The van der Waals surface area contributed by atoms with Crippen LogP contribution in [0.15, 0.2) is 18.2 Å². The van der Waals surface area contributed by atoms with Gasteiger partial charge >= 0.3 is 0 Å². The molecule has 2 rings (SSSR count). The second-order valence-electron chi connectivity index (χ2n) is 6.28. The molecule has 0 aliphatic heterocycles. The molecule has 2 heteroatoms. The van der Waals surface area contributed by atoms with Crippen molar-refractivity contribution >= 4 is 0 Å². The molecule has 1 aliphatic carbocycles. The van der Waals surface area contributed by atoms with E-state index >= 15 is 0 Å². The monoisotopic (exact) mass is 274 g/mol. The standard InChI is InChI=1S/C18H30N2/c1-5-6-11-20(16-9-10-16)13-18(19-4)17-12-14(2)7-8-15(17)3/h7-8,12,16,18-19H,5-6,9-11,13H2,1-4H3. The molecular formula is C18H30N2. The van der Waals surface area contributed by atoms with Gasteiger partial charge in [0, 0.05) is 18.6 Å². The van der Waals surface area contributed by atoms with E-state index < -0.39 is 0 Å². The number of nitrogens with one attached hydrogen (secondary N) is 1. The van der Waals surface area contributed by atoms with Crippen LogP contribution < -0.4 is 5.32 Å². The van der Waals surface area contributed by atoms with E-state index in [2.05, 4.69) is 56.2 Å².